The average molecular weight is 470 g/mol. The van der Waals surface area contributed by atoms with E-state index in [4.69, 9.17) is 44.1 Å². The molecule has 0 saturated heterocycles. The molecule has 158 valence electrons. The number of nitrogens with one attached hydrogen (secondary N) is 1. The van der Waals surface area contributed by atoms with Gasteiger partial charge >= 0.3 is 6.09 Å². The molecule has 0 saturated carbocycles. The fourth-order valence-electron chi connectivity index (χ4n) is 2.64. The van der Waals surface area contributed by atoms with Crippen molar-refractivity contribution < 1.29 is 14.1 Å². The summed E-state index contributed by atoms with van der Waals surface area (Å²) in [7, 11) is 0. The van der Waals surface area contributed by atoms with Gasteiger partial charge in [0.2, 0.25) is 11.7 Å². The van der Waals surface area contributed by atoms with Crippen LogP contribution in [0, 0.1) is 6.92 Å². The van der Waals surface area contributed by atoms with Crippen molar-refractivity contribution in [2.45, 2.75) is 39.8 Å². The van der Waals surface area contributed by atoms with E-state index < -0.39 is 11.7 Å². The first-order chi connectivity index (χ1) is 14.0. The Morgan fingerprint density at radius 1 is 1.17 bits per heavy atom. The lowest BCUT2D eigenvalue weighted by molar-refractivity contribution is 0.0523. The van der Waals surface area contributed by atoms with Gasteiger partial charge in [-0.15, -0.1) is 0 Å². The van der Waals surface area contributed by atoms with Crippen molar-refractivity contribution in [3.63, 3.8) is 0 Å². The number of rotatable bonds is 4. The molecule has 2 aromatic heterocycles. The van der Waals surface area contributed by atoms with Crippen LogP contribution in [0.25, 0.3) is 22.5 Å². The first kappa shape index (κ1) is 22.3. The molecular formula is C20H19Cl3N4O3. The Morgan fingerprint density at radius 3 is 2.50 bits per heavy atom. The number of ether oxygens (including phenoxy) is 1. The van der Waals surface area contributed by atoms with E-state index in [0.717, 1.165) is 0 Å². The Kier molecular flexibility index (Phi) is 6.55. The van der Waals surface area contributed by atoms with Gasteiger partial charge in [-0.25, -0.2) is 4.79 Å². The van der Waals surface area contributed by atoms with Crippen LogP contribution in [-0.2, 0) is 11.3 Å². The van der Waals surface area contributed by atoms with Gasteiger partial charge in [0.25, 0.3) is 0 Å². The summed E-state index contributed by atoms with van der Waals surface area (Å²) in [6.07, 6.45) is 1.05. The average Bonchev–Trinajstić information content (AvgIpc) is 3.04. The second kappa shape index (κ2) is 8.79. The summed E-state index contributed by atoms with van der Waals surface area (Å²) in [6.45, 7) is 7.15. The number of benzene rings is 1. The first-order valence-corrected chi connectivity index (χ1v) is 10.1. The lowest BCUT2D eigenvalue weighted by atomic mass is 10.00. The molecular weight excluding hydrogens is 451 g/mol. The lowest BCUT2D eigenvalue weighted by Crippen LogP contribution is -2.32. The minimum Gasteiger partial charge on any atom is -0.444 e. The summed E-state index contributed by atoms with van der Waals surface area (Å²) in [5.41, 5.74) is 1.74. The van der Waals surface area contributed by atoms with Crippen LogP contribution in [0.2, 0.25) is 15.1 Å². The molecule has 30 heavy (non-hydrogen) atoms. The van der Waals surface area contributed by atoms with Crippen LogP contribution in [0.4, 0.5) is 4.79 Å². The Bertz CT molecular complexity index is 1090. The first-order valence-electron chi connectivity index (χ1n) is 8.95. The zero-order valence-electron chi connectivity index (χ0n) is 16.7. The normalized spacial score (nSPS) is 11.4. The molecule has 0 radical (unpaired) electrons. The number of aryl methyl sites for hydroxylation is 1. The summed E-state index contributed by atoms with van der Waals surface area (Å²) in [5, 5.41) is 7.74. The zero-order chi connectivity index (χ0) is 22.1. The third kappa shape index (κ3) is 5.41. The molecule has 0 aliphatic carbocycles. The molecule has 7 nitrogen and oxygen atoms in total. The number of halogens is 3. The van der Waals surface area contributed by atoms with Gasteiger partial charge < -0.3 is 14.6 Å². The number of carbonyl (C=O) groups is 1. The molecule has 1 aromatic carbocycles. The monoisotopic (exact) mass is 468 g/mol. The van der Waals surface area contributed by atoms with Crippen molar-refractivity contribution in [1.29, 1.82) is 0 Å². The maximum atomic E-state index is 11.9. The zero-order valence-corrected chi connectivity index (χ0v) is 19.0. The van der Waals surface area contributed by atoms with Gasteiger partial charge in [-0.1, -0.05) is 40.0 Å². The van der Waals surface area contributed by atoms with E-state index >= 15 is 0 Å². The number of hydrogen-bond acceptors (Lipinski definition) is 6. The fraction of sp³-hybridized carbons (Fsp3) is 0.300. The Morgan fingerprint density at radius 2 is 1.90 bits per heavy atom. The maximum absolute atomic E-state index is 11.9. The molecule has 0 fully saturated rings. The summed E-state index contributed by atoms with van der Waals surface area (Å²) in [5.74, 6) is 0.734. The van der Waals surface area contributed by atoms with E-state index in [1.54, 1.807) is 52.1 Å². The Labute approximate surface area is 188 Å². The summed E-state index contributed by atoms with van der Waals surface area (Å²) in [6, 6.07) is 5.03. The number of aromatic nitrogens is 3. The molecule has 0 aliphatic heterocycles. The molecule has 10 heteroatoms. The van der Waals surface area contributed by atoms with Crippen LogP contribution >= 0.6 is 34.8 Å². The minimum absolute atomic E-state index is 0.112. The van der Waals surface area contributed by atoms with Crippen molar-refractivity contribution >= 4 is 40.9 Å². The molecule has 0 bridgehead atoms. The molecule has 3 rings (SSSR count). The number of amides is 1. The number of pyridine rings is 1. The van der Waals surface area contributed by atoms with Gasteiger partial charge in [0.15, 0.2) is 0 Å². The predicted octanol–water partition coefficient (Wildman–Crippen LogP) is 6.09. The smallest absolute Gasteiger partial charge is 0.407 e. The molecule has 3 aromatic rings. The van der Waals surface area contributed by atoms with Crippen LogP contribution in [-0.4, -0.2) is 26.8 Å². The molecule has 0 aliphatic rings. The number of alkyl carbamates (subject to hydrolysis) is 1. The highest BCUT2D eigenvalue weighted by Crippen LogP contribution is 2.39. The summed E-state index contributed by atoms with van der Waals surface area (Å²) >= 11 is 19.0. The van der Waals surface area contributed by atoms with E-state index in [-0.39, 0.29) is 6.54 Å². The second-order valence-electron chi connectivity index (χ2n) is 7.46. The fourth-order valence-corrected chi connectivity index (χ4v) is 3.45. The third-order valence-electron chi connectivity index (χ3n) is 3.83. The standard InChI is InChI=1S/C20H19Cl3N4O3/c1-10-26-18(27-30-10)17-13(6-12(21)7-15(17)23)11-5-14(22)16(24-8-11)9-25-19(28)29-20(2,3)4/h5-8H,9H2,1-4H3,(H,25,28). The van der Waals surface area contributed by atoms with Crippen molar-refractivity contribution in [2.75, 3.05) is 0 Å². The highest BCUT2D eigenvalue weighted by atomic mass is 35.5. The van der Waals surface area contributed by atoms with Crippen LogP contribution < -0.4 is 5.32 Å². The van der Waals surface area contributed by atoms with E-state index in [1.807, 2.05) is 0 Å². The van der Waals surface area contributed by atoms with Gasteiger partial charge in [0.1, 0.15) is 5.60 Å². The van der Waals surface area contributed by atoms with Crippen LogP contribution in [0.3, 0.4) is 0 Å². The molecule has 0 spiro atoms. The van der Waals surface area contributed by atoms with Crippen molar-refractivity contribution in [1.82, 2.24) is 20.4 Å². The van der Waals surface area contributed by atoms with E-state index in [2.05, 4.69) is 20.4 Å². The van der Waals surface area contributed by atoms with Crippen LogP contribution in [0.1, 0.15) is 32.4 Å². The van der Waals surface area contributed by atoms with Gasteiger partial charge in [0.05, 0.1) is 22.3 Å². The van der Waals surface area contributed by atoms with Crippen LogP contribution in [0.15, 0.2) is 28.9 Å². The summed E-state index contributed by atoms with van der Waals surface area (Å²) in [4.78, 5) is 20.5. The topological polar surface area (TPSA) is 90.1 Å². The Balaban J connectivity index is 1.91. The van der Waals surface area contributed by atoms with Gasteiger partial charge in [-0.2, -0.15) is 4.98 Å². The van der Waals surface area contributed by atoms with E-state index in [9.17, 15) is 4.79 Å². The molecule has 1 amide bonds. The number of nitrogens with zero attached hydrogens (tertiary/aromatic N) is 3. The maximum Gasteiger partial charge on any atom is 0.407 e. The van der Waals surface area contributed by atoms with Crippen molar-refractivity contribution in [3.8, 4) is 22.5 Å². The SMILES string of the molecule is Cc1nc(-c2c(Cl)cc(Cl)cc2-c2cnc(CNC(=O)OC(C)(C)C)c(Cl)c2)no1. The van der Waals surface area contributed by atoms with E-state index in [0.29, 0.717) is 49.2 Å². The molecule has 2 heterocycles. The predicted molar refractivity (Wildman–Crippen MR) is 116 cm³/mol. The lowest BCUT2D eigenvalue weighted by Gasteiger charge is -2.19. The van der Waals surface area contributed by atoms with Crippen molar-refractivity contribution in [2.24, 2.45) is 0 Å². The summed E-state index contributed by atoms with van der Waals surface area (Å²) < 4.78 is 10.3. The van der Waals surface area contributed by atoms with Gasteiger partial charge in [0, 0.05) is 29.3 Å². The minimum atomic E-state index is -0.596. The van der Waals surface area contributed by atoms with E-state index in [1.165, 1.54) is 0 Å². The molecule has 0 atom stereocenters. The molecule has 1 N–H and O–H groups in total. The van der Waals surface area contributed by atoms with Crippen molar-refractivity contribution in [3.05, 3.63) is 51.0 Å². The highest BCUT2D eigenvalue weighted by molar-refractivity contribution is 6.37. The third-order valence-corrected chi connectivity index (χ3v) is 4.68. The number of hydrogen-bond donors (Lipinski definition) is 1. The second-order valence-corrected chi connectivity index (χ2v) is 8.71. The van der Waals surface area contributed by atoms with Gasteiger partial charge in [-0.3, -0.25) is 4.98 Å². The Hall–Kier alpha value is -2.35. The highest BCUT2D eigenvalue weighted by Gasteiger charge is 2.20. The van der Waals surface area contributed by atoms with Gasteiger partial charge in [-0.05, 0) is 44.5 Å². The number of carbonyl (C=O) groups excluding carboxylic acids is 1. The molecule has 0 unspecified atom stereocenters. The largest absolute Gasteiger partial charge is 0.444 e. The van der Waals surface area contributed by atoms with Crippen LogP contribution in [0.5, 0.6) is 0 Å². The quantitative estimate of drug-likeness (QED) is 0.497.